The number of anilines is 1. The first kappa shape index (κ1) is 15.7. The van der Waals surface area contributed by atoms with E-state index in [4.69, 9.17) is 9.47 Å². The Hall–Kier alpha value is -2.77. The van der Waals surface area contributed by atoms with Crippen molar-refractivity contribution >= 4 is 11.7 Å². The normalized spacial score (nSPS) is 21.2. The lowest BCUT2D eigenvalue weighted by molar-refractivity contribution is -0.0640. The first-order chi connectivity index (χ1) is 12.0. The van der Waals surface area contributed by atoms with Crippen molar-refractivity contribution in [3.05, 3.63) is 29.8 Å². The average Bonchev–Trinajstić information content (AvgIpc) is 3.12. The summed E-state index contributed by atoms with van der Waals surface area (Å²) in [5.74, 6) is 2.25. The Morgan fingerprint density at radius 2 is 2.12 bits per heavy atom. The Kier molecular flexibility index (Phi) is 3.55. The van der Waals surface area contributed by atoms with Gasteiger partial charge in [-0.05, 0) is 19.1 Å². The highest BCUT2D eigenvalue weighted by Crippen LogP contribution is 2.42. The summed E-state index contributed by atoms with van der Waals surface area (Å²) < 4.78 is 13.5. The molecule has 2 aliphatic heterocycles. The number of aryl methyl sites for hydroxylation is 1. The average molecular weight is 343 g/mol. The van der Waals surface area contributed by atoms with Crippen LogP contribution in [0.25, 0.3) is 0 Å². The predicted octanol–water partition coefficient (Wildman–Crippen LogP) is 2.53. The number of rotatable bonds is 2. The Morgan fingerprint density at radius 1 is 1.32 bits per heavy atom. The van der Waals surface area contributed by atoms with Crippen LogP contribution < -0.4 is 14.8 Å². The number of urea groups is 1. The van der Waals surface area contributed by atoms with E-state index >= 15 is 0 Å². The molecule has 25 heavy (non-hydrogen) atoms. The lowest BCUT2D eigenvalue weighted by Gasteiger charge is -2.26. The fourth-order valence-electron chi connectivity index (χ4n) is 3.02. The zero-order valence-corrected chi connectivity index (χ0v) is 14.6. The van der Waals surface area contributed by atoms with Crippen LogP contribution in [0.15, 0.2) is 18.2 Å². The van der Waals surface area contributed by atoms with Gasteiger partial charge in [0.25, 0.3) is 0 Å². The standard InChI is InChI=1S/C17H21N5O3/c1-4-17(3)24-13-6-5-12(9-14(13)25-17)19-16(23)21-7-8-22-15(10-21)18-11(2)20-22/h5-6,9H,4,7-8,10H2,1-3H3,(H,19,23)/t17-/m1/s1. The molecular weight excluding hydrogens is 322 g/mol. The molecule has 1 aromatic heterocycles. The van der Waals surface area contributed by atoms with Crippen molar-refractivity contribution in [2.75, 3.05) is 11.9 Å². The van der Waals surface area contributed by atoms with Crippen molar-refractivity contribution in [1.82, 2.24) is 19.7 Å². The van der Waals surface area contributed by atoms with Crippen molar-refractivity contribution in [1.29, 1.82) is 0 Å². The highest BCUT2D eigenvalue weighted by Gasteiger charge is 2.35. The van der Waals surface area contributed by atoms with Gasteiger partial charge in [-0.1, -0.05) is 6.92 Å². The second-order valence-electron chi connectivity index (χ2n) is 6.50. The first-order valence-electron chi connectivity index (χ1n) is 8.44. The van der Waals surface area contributed by atoms with Crippen LogP contribution in [0.3, 0.4) is 0 Å². The molecule has 2 amide bonds. The maximum Gasteiger partial charge on any atom is 0.322 e. The van der Waals surface area contributed by atoms with Gasteiger partial charge in [0.1, 0.15) is 11.6 Å². The molecule has 1 atom stereocenters. The molecule has 0 bridgehead atoms. The molecule has 0 saturated carbocycles. The summed E-state index contributed by atoms with van der Waals surface area (Å²) in [5, 5.41) is 7.23. The van der Waals surface area contributed by atoms with Crippen molar-refractivity contribution < 1.29 is 14.3 Å². The molecule has 0 unspecified atom stereocenters. The third-order valence-corrected chi connectivity index (χ3v) is 4.54. The fourth-order valence-corrected chi connectivity index (χ4v) is 3.02. The van der Waals surface area contributed by atoms with E-state index in [1.165, 1.54) is 0 Å². The molecule has 0 spiro atoms. The Labute approximate surface area is 145 Å². The summed E-state index contributed by atoms with van der Waals surface area (Å²) in [5.41, 5.74) is 0.677. The van der Waals surface area contributed by atoms with E-state index in [1.54, 1.807) is 11.0 Å². The van der Waals surface area contributed by atoms with Crippen LogP contribution in [0.5, 0.6) is 11.5 Å². The first-order valence-corrected chi connectivity index (χ1v) is 8.44. The molecule has 0 saturated heterocycles. The number of carbonyl (C=O) groups is 1. The molecule has 1 aromatic carbocycles. The van der Waals surface area contributed by atoms with Gasteiger partial charge in [0.2, 0.25) is 5.79 Å². The predicted molar refractivity (Wildman–Crippen MR) is 90.6 cm³/mol. The summed E-state index contributed by atoms with van der Waals surface area (Å²) >= 11 is 0. The molecule has 2 aromatic rings. The monoisotopic (exact) mass is 343 g/mol. The molecule has 8 nitrogen and oxygen atoms in total. The minimum absolute atomic E-state index is 0.163. The van der Waals surface area contributed by atoms with Crippen LogP contribution in [0.4, 0.5) is 10.5 Å². The van der Waals surface area contributed by atoms with Crippen LogP contribution in [0.1, 0.15) is 31.9 Å². The van der Waals surface area contributed by atoms with Gasteiger partial charge in [0.05, 0.1) is 13.1 Å². The SMILES string of the molecule is CC[C@]1(C)Oc2ccc(NC(=O)N3CCn4nc(C)nc4C3)cc2O1. The van der Waals surface area contributed by atoms with Crippen molar-refractivity contribution in [3.8, 4) is 11.5 Å². The quantitative estimate of drug-likeness (QED) is 0.906. The Morgan fingerprint density at radius 3 is 2.92 bits per heavy atom. The van der Waals surface area contributed by atoms with Crippen LogP contribution >= 0.6 is 0 Å². The highest BCUT2D eigenvalue weighted by atomic mass is 16.7. The maximum absolute atomic E-state index is 12.6. The molecule has 3 heterocycles. The highest BCUT2D eigenvalue weighted by molar-refractivity contribution is 5.89. The number of fused-ring (bicyclic) bond motifs is 2. The summed E-state index contributed by atoms with van der Waals surface area (Å²) in [6.07, 6.45) is 0.733. The Balaban J connectivity index is 1.45. The van der Waals surface area contributed by atoms with Gasteiger partial charge in [-0.25, -0.2) is 14.5 Å². The number of ether oxygens (including phenoxy) is 2. The molecule has 2 aliphatic rings. The number of benzene rings is 1. The van der Waals surface area contributed by atoms with Crippen LogP contribution in [-0.2, 0) is 13.1 Å². The van der Waals surface area contributed by atoms with E-state index in [9.17, 15) is 4.79 Å². The van der Waals surface area contributed by atoms with Crippen molar-refractivity contribution in [3.63, 3.8) is 0 Å². The smallest absolute Gasteiger partial charge is 0.322 e. The van der Waals surface area contributed by atoms with Gasteiger partial charge < -0.3 is 19.7 Å². The number of hydrogen-bond acceptors (Lipinski definition) is 5. The second kappa shape index (κ2) is 5.65. The maximum atomic E-state index is 12.6. The third-order valence-electron chi connectivity index (χ3n) is 4.54. The number of hydrogen-bond donors (Lipinski definition) is 1. The number of nitrogens with zero attached hydrogens (tertiary/aromatic N) is 4. The van der Waals surface area contributed by atoms with Gasteiger partial charge in [0, 0.05) is 31.6 Å². The number of nitrogens with one attached hydrogen (secondary N) is 1. The number of aromatic nitrogens is 3. The van der Waals surface area contributed by atoms with E-state index < -0.39 is 5.79 Å². The summed E-state index contributed by atoms with van der Waals surface area (Å²) in [7, 11) is 0. The molecule has 0 fully saturated rings. The van der Waals surface area contributed by atoms with Crippen molar-refractivity contribution in [2.45, 2.75) is 46.1 Å². The summed E-state index contributed by atoms with van der Waals surface area (Å²) in [6.45, 7) is 7.46. The van der Waals surface area contributed by atoms with E-state index in [0.717, 1.165) is 18.1 Å². The summed E-state index contributed by atoms with van der Waals surface area (Å²) in [6, 6.07) is 5.27. The lowest BCUT2D eigenvalue weighted by Crippen LogP contribution is -2.41. The topological polar surface area (TPSA) is 81.5 Å². The van der Waals surface area contributed by atoms with E-state index in [2.05, 4.69) is 15.4 Å². The summed E-state index contributed by atoms with van der Waals surface area (Å²) in [4.78, 5) is 18.6. The van der Waals surface area contributed by atoms with Gasteiger partial charge in [-0.15, -0.1) is 0 Å². The second-order valence-corrected chi connectivity index (χ2v) is 6.50. The third kappa shape index (κ3) is 2.88. The van der Waals surface area contributed by atoms with E-state index in [0.29, 0.717) is 36.8 Å². The largest absolute Gasteiger partial charge is 0.449 e. The van der Waals surface area contributed by atoms with Crippen LogP contribution in [-0.4, -0.2) is 38.0 Å². The van der Waals surface area contributed by atoms with E-state index in [-0.39, 0.29) is 6.03 Å². The number of amides is 2. The van der Waals surface area contributed by atoms with Crippen molar-refractivity contribution in [2.24, 2.45) is 0 Å². The van der Waals surface area contributed by atoms with Gasteiger partial charge in [0.15, 0.2) is 11.5 Å². The molecule has 8 heteroatoms. The lowest BCUT2D eigenvalue weighted by atomic mass is 10.2. The van der Waals surface area contributed by atoms with Gasteiger partial charge >= 0.3 is 6.03 Å². The zero-order chi connectivity index (χ0) is 17.6. The molecule has 0 aliphatic carbocycles. The Bertz CT molecular complexity index is 834. The molecule has 132 valence electrons. The van der Waals surface area contributed by atoms with Gasteiger partial charge in [-0.3, -0.25) is 0 Å². The number of carbonyl (C=O) groups excluding carboxylic acids is 1. The molecule has 4 rings (SSSR count). The van der Waals surface area contributed by atoms with Crippen LogP contribution in [0.2, 0.25) is 0 Å². The minimum Gasteiger partial charge on any atom is -0.449 e. The van der Waals surface area contributed by atoms with Crippen LogP contribution in [0, 0.1) is 6.92 Å². The van der Waals surface area contributed by atoms with Gasteiger partial charge in [-0.2, -0.15) is 5.10 Å². The fraction of sp³-hybridized carbons (Fsp3) is 0.471. The molecule has 1 N–H and O–H groups in total. The molecular formula is C17H21N5O3. The molecule has 0 radical (unpaired) electrons. The minimum atomic E-state index is -0.639. The van der Waals surface area contributed by atoms with E-state index in [1.807, 2.05) is 37.6 Å². The zero-order valence-electron chi connectivity index (χ0n) is 14.6.